The number of halogens is 2. The van der Waals surface area contributed by atoms with E-state index in [0.717, 1.165) is 25.0 Å². The summed E-state index contributed by atoms with van der Waals surface area (Å²) in [6, 6.07) is 3.19. The average Bonchev–Trinajstić information content (AvgIpc) is 2.50. The van der Waals surface area contributed by atoms with E-state index >= 15 is 0 Å². The fourth-order valence-corrected chi connectivity index (χ4v) is 2.40. The summed E-state index contributed by atoms with van der Waals surface area (Å²) in [7, 11) is 0. The first kappa shape index (κ1) is 15.7. The zero-order valence-electron chi connectivity index (χ0n) is 11.9. The van der Waals surface area contributed by atoms with Crippen LogP contribution < -0.4 is 4.74 Å². The first-order chi connectivity index (χ1) is 10.0. The van der Waals surface area contributed by atoms with Crippen LogP contribution in [0.1, 0.15) is 19.8 Å². The van der Waals surface area contributed by atoms with E-state index in [1.165, 1.54) is 6.07 Å². The molecule has 21 heavy (non-hydrogen) atoms. The number of aliphatic hydroxyl groups excluding tert-OH is 1. The molecule has 0 saturated carbocycles. The molecule has 1 aliphatic rings. The van der Waals surface area contributed by atoms with Crippen LogP contribution in [0.4, 0.5) is 8.78 Å². The van der Waals surface area contributed by atoms with Crippen molar-refractivity contribution in [3.63, 3.8) is 0 Å². The Morgan fingerprint density at radius 1 is 1.38 bits per heavy atom. The molecule has 4 nitrogen and oxygen atoms in total. The molecule has 1 aliphatic heterocycles. The molecule has 0 aromatic heterocycles. The summed E-state index contributed by atoms with van der Waals surface area (Å²) in [5, 5.41) is 9.07. The van der Waals surface area contributed by atoms with E-state index in [-0.39, 0.29) is 24.2 Å². The number of carbonyl (C=O) groups is 1. The third kappa shape index (κ3) is 3.91. The maximum atomic E-state index is 13.1. The normalized spacial score (nSPS) is 17.6. The van der Waals surface area contributed by atoms with Gasteiger partial charge in [-0.05, 0) is 37.8 Å². The van der Waals surface area contributed by atoms with Gasteiger partial charge in [0.25, 0.3) is 5.91 Å². The van der Waals surface area contributed by atoms with Gasteiger partial charge in [0.15, 0.2) is 17.7 Å². The Labute approximate surface area is 122 Å². The Morgan fingerprint density at radius 3 is 2.62 bits per heavy atom. The van der Waals surface area contributed by atoms with Crippen molar-refractivity contribution < 1.29 is 23.4 Å². The minimum atomic E-state index is -1.00. The van der Waals surface area contributed by atoms with E-state index in [0.29, 0.717) is 13.1 Å². The molecular formula is C15H19F2NO3. The number of likely N-dealkylation sites (tertiary alicyclic amines) is 1. The highest BCUT2D eigenvalue weighted by Crippen LogP contribution is 2.20. The zero-order chi connectivity index (χ0) is 15.4. The maximum absolute atomic E-state index is 13.1. The number of rotatable bonds is 4. The predicted molar refractivity (Wildman–Crippen MR) is 72.8 cm³/mol. The summed E-state index contributed by atoms with van der Waals surface area (Å²) < 4.78 is 31.3. The van der Waals surface area contributed by atoms with E-state index in [9.17, 15) is 13.6 Å². The van der Waals surface area contributed by atoms with Gasteiger partial charge in [-0.25, -0.2) is 8.78 Å². The molecule has 1 amide bonds. The lowest BCUT2D eigenvalue weighted by Crippen LogP contribution is -2.45. The molecule has 1 fully saturated rings. The topological polar surface area (TPSA) is 49.8 Å². The molecule has 0 spiro atoms. The molecule has 1 heterocycles. The second-order valence-corrected chi connectivity index (χ2v) is 5.29. The first-order valence-corrected chi connectivity index (χ1v) is 7.02. The van der Waals surface area contributed by atoms with Crippen LogP contribution in [0.2, 0.25) is 0 Å². The van der Waals surface area contributed by atoms with Gasteiger partial charge in [-0.2, -0.15) is 0 Å². The lowest BCUT2D eigenvalue weighted by atomic mass is 9.97. The van der Waals surface area contributed by atoms with E-state index < -0.39 is 17.7 Å². The lowest BCUT2D eigenvalue weighted by Gasteiger charge is -2.32. The number of ether oxygens (including phenoxy) is 1. The van der Waals surface area contributed by atoms with Crippen LogP contribution in [0.3, 0.4) is 0 Å². The number of piperidine rings is 1. The minimum absolute atomic E-state index is 0.125. The molecule has 116 valence electrons. The number of benzene rings is 1. The zero-order valence-corrected chi connectivity index (χ0v) is 11.9. The molecule has 1 saturated heterocycles. The Morgan fingerprint density at radius 2 is 2.05 bits per heavy atom. The summed E-state index contributed by atoms with van der Waals surface area (Å²) in [5.74, 6) is -1.77. The maximum Gasteiger partial charge on any atom is 0.263 e. The fourth-order valence-electron chi connectivity index (χ4n) is 2.40. The number of hydrogen-bond acceptors (Lipinski definition) is 3. The van der Waals surface area contributed by atoms with Gasteiger partial charge in [-0.1, -0.05) is 0 Å². The number of aliphatic hydroxyl groups is 1. The fraction of sp³-hybridized carbons (Fsp3) is 0.533. The van der Waals surface area contributed by atoms with E-state index in [2.05, 4.69) is 0 Å². The van der Waals surface area contributed by atoms with Crippen molar-refractivity contribution in [3.8, 4) is 5.75 Å². The van der Waals surface area contributed by atoms with Crippen LogP contribution >= 0.6 is 0 Å². The van der Waals surface area contributed by atoms with Crippen LogP contribution in [0.5, 0.6) is 5.75 Å². The van der Waals surface area contributed by atoms with E-state index in [1.54, 1.807) is 11.8 Å². The molecular weight excluding hydrogens is 280 g/mol. The van der Waals surface area contributed by atoms with Crippen LogP contribution in [0.15, 0.2) is 18.2 Å². The highest BCUT2D eigenvalue weighted by Gasteiger charge is 2.26. The predicted octanol–water partition coefficient (Wildman–Crippen LogP) is 1.96. The van der Waals surface area contributed by atoms with Crippen molar-refractivity contribution in [2.45, 2.75) is 25.9 Å². The van der Waals surface area contributed by atoms with Crippen LogP contribution in [-0.4, -0.2) is 41.7 Å². The smallest absolute Gasteiger partial charge is 0.263 e. The summed E-state index contributed by atoms with van der Waals surface area (Å²) >= 11 is 0. The Balaban J connectivity index is 1.92. The largest absolute Gasteiger partial charge is 0.481 e. The SMILES string of the molecule is CC(Oc1ccc(F)c(F)c1)C(=O)N1CCC(CO)CC1. The minimum Gasteiger partial charge on any atom is -0.481 e. The van der Waals surface area contributed by atoms with Crippen molar-refractivity contribution >= 4 is 5.91 Å². The van der Waals surface area contributed by atoms with Gasteiger partial charge in [0.2, 0.25) is 0 Å². The van der Waals surface area contributed by atoms with Crippen molar-refractivity contribution in [1.82, 2.24) is 4.90 Å². The standard InChI is InChI=1S/C15H19F2NO3/c1-10(21-12-2-3-13(16)14(17)8-12)15(20)18-6-4-11(9-19)5-7-18/h2-3,8,10-11,19H,4-7,9H2,1H3. The average molecular weight is 299 g/mol. The Kier molecular flexibility index (Phi) is 5.12. The van der Waals surface area contributed by atoms with Gasteiger partial charge in [0, 0.05) is 25.8 Å². The van der Waals surface area contributed by atoms with Crippen molar-refractivity contribution in [3.05, 3.63) is 29.8 Å². The number of carbonyl (C=O) groups excluding carboxylic acids is 1. The highest BCUT2D eigenvalue weighted by atomic mass is 19.2. The van der Waals surface area contributed by atoms with Gasteiger partial charge >= 0.3 is 0 Å². The molecule has 1 aromatic carbocycles. The van der Waals surface area contributed by atoms with Crippen molar-refractivity contribution in [1.29, 1.82) is 0 Å². The number of nitrogens with zero attached hydrogens (tertiary/aromatic N) is 1. The molecule has 1 N–H and O–H groups in total. The van der Waals surface area contributed by atoms with E-state index in [1.807, 2.05) is 0 Å². The third-order valence-electron chi connectivity index (χ3n) is 3.74. The molecule has 6 heteroatoms. The Hall–Kier alpha value is -1.69. The van der Waals surface area contributed by atoms with Crippen molar-refractivity contribution in [2.24, 2.45) is 5.92 Å². The highest BCUT2D eigenvalue weighted by molar-refractivity contribution is 5.81. The van der Waals surface area contributed by atoms with Gasteiger partial charge in [0.1, 0.15) is 5.75 Å². The van der Waals surface area contributed by atoms with Gasteiger partial charge < -0.3 is 14.7 Å². The van der Waals surface area contributed by atoms with Crippen LogP contribution in [0.25, 0.3) is 0 Å². The second-order valence-electron chi connectivity index (χ2n) is 5.29. The Bertz CT molecular complexity index is 502. The molecule has 1 atom stereocenters. The molecule has 2 rings (SSSR count). The van der Waals surface area contributed by atoms with Crippen LogP contribution in [0, 0.1) is 17.6 Å². The number of hydrogen-bond donors (Lipinski definition) is 1. The summed E-state index contributed by atoms with van der Waals surface area (Å²) in [5.41, 5.74) is 0. The van der Waals surface area contributed by atoms with Gasteiger partial charge in [-0.15, -0.1) is 0 Å². The summed E-state index contributed by atoms with van der Waals surface area (Å²) in [6.07, 6.45) is 0.765. The summed E-state index contributed by atoms with van der Waals surface area (Å²) in [4.78, 5) is 13.9. The van der Waals surface area contributed by atoms with Gasteiger partial charge in [0.05, 0.1) is 0 Å². The van der Waals surface area contributed by atoms with Crippen LogP contribution in [-0.2, 0) is 4.79 Å². The molecule has 0 radical (unpaired) electrons. The second kappa shape index (κ2) is 6.85. The molecule has 0 bridgehead atoms. The third-order valence-corrected chi connectivity index (χ3v) is 3.74. The van der Waals surface area contributed by atoms with E-state index in [4.69, 9.17) is 9.84 Å². The van der Waals surface area contributed by atoms with Crippen molar-refractivity contribution in [2.75, 3.05) is 19.7 Å². The molecule has 1 unspecified atom stereocenters. The molecule has 0 aliphatic carbocycles. The number of amides is 1. The molecule has 1 aromatic rings. The monoisotopic (exact) mass is 299 g/mol. The lowest BCUT2D eigenvalue weighted by molar-refractivity contribution is -0.139. The first-order valence-electron chi connectivity index (χ1n) is 7.02. The summed E-state index contributed by atoms with van der Waals surface area (Å²) in [6.45, 7) is 2.88. The quantitative estimate of drug-likeness (QED) is 0.924. The van der Waals surface area contributed by atoms with Gasteiger partial charge in [-0.3, -0.25) is 4.79 Å².